The van der Waals surface area contributed by atoms with E-state index in [2.05, 4.69) is 73.1 Å². The van der Waals surface area contributed by atoms with Crippen LogP contribution in [0, 0.1) is 6.92 Å². The molecule has 0 aliphatic heterocycles. The van der Waals surface area contributed by atoms with E-state index < -0.39 is 0 Å². The number of rotatable bonds is 5. The van der Waals surface area contributed by atoms with Crippen molar-refractivity contribution in [2.24, 2.45) is 0 Å². The van der Waals surface area contributed by atoms with Crippen molar-refractivity contribution in [3.05, 3.63) is 69.8 Å². The molecule has 0 unspecified atom stereocenters. The first kappa shape index (κ1) is 15.3. The number of hydrogen-bond acceptors (Lipinski definition) is 0. The zero-order chi connectivity index (χ0) is 14.5. The molecule has 0 N–H and O–H groups in total. The van der Waals surface area contributed by atoms with Gasteiger partial charge < -0.3 is 0 Å². The van der Waals surface area contributed by atoms with Gasteiger partial charge in [-0.05, 0) is 54.0 Å². The predicted octanol–water partition coefficient (Wildman–Crippen LogP) is 5.61. The van der Waals surface area contributed by atoms with E-state index in [1.54, 1.807) is 0 Å². The van der Waals surface area contributed by atoms with Gasteiger partial charge in [-0.25, -0.2) is 0 Å². The van der Waals surface area contributed by atoms with Crippen molar-refractivity contribution >= 4 is 15.9 Å². The molecule has 1 heteroatoms. The van der Waals surface area contributed by atoms with Gasteiger partial charge in [0, 0.05) is 5.33 Å². The standard InChI is InChI=1S/C19H23Br/c1-4-17-10-14(3)11-18(5-2)19(17)12-15-6-8-16(13-20)9-7-15/h6-11H,4-5,12-13H2,1-3H3. The van der Waals surface area contributed by atoms with Crippen LogP contribution in [0.5, 0.6) is 0 Å². The van der Waals surface area contributed by atoms with Gasteiger partial charge in [0.05, 0.1) is 0 Å². The highest BCUT2D eigenvalue weighted by Crippen LogP contribution is 2.23. The summed E-state index contributed by atoms with van der Waals surface area (Å²) in [6, 6.07) is 13.7. The van der Waals surface area contributed by atoms with Gasteiger partial charge in [0.25, 0.3) is 0 Å². The van der Waals surface area contributed by atoms with Crippen molar-refractivity contribution in [1.82, 2.24) is 0 Å². The van der Waals surface area contributed by atoms with Crippen molar-refractivity contribution in [3.63, 3.8) is 0 Å². The van der Waals surface area contributed by atoms with Crippen molar-refractivity contribution in [2.45, 2.75) is 45.4 Å². The Kier molecular flexibility index (Phi) is 5.42. The summed E-state index contributed by atoms with van der Waals surface area (Å²) >= 11 is 3.50. The minimum absolute atomic E-state index is 0.929. The summed E-state index contributed by atoms with van der Waals surface area (Å²) in [6.45, 7) is 6.71. The molecule has 0 atom stereocenters. The summed E-state index contributed by atoms with van der Waals surface area (Å²) in [7, 11) is 0. The molecule has 2 aromatic rings. The lowest BCUT2D eigenvalue weighted by Gasteiger charge is -2.15. The summed E-state index contributed by atoms with van der Waals surface area (Å²) in [4.78, 5) is 0. The molecule has 0 aliphatic rings. The third-order valence-corrected chi connectivity index (χ3v) is 4.55. The van der Waals surface area contributed by atoms with Crippen LogP contribution in [0.25, 0.3) is 0 Å². The van der Waals surface area contributed by atoms with E-state index in [0.717, 1.165) is 24.6 Å². The molecule has 0 fully saturated rings. The molecular weight excluding hydrogens is 308 g/mol. The first-order valence-corrected chi connectivity index (χ1v) is 8.55. The van der Waals surface area contributed by atoms with Gasteiger partial charge in [0.15, 0.2) is 0 Å². The fourth-order valence-electron chi connectivity index (χ4n) is 2.78. The minimum Gasteiger partial charge on any atom is -0.0876 e. The Morgan fingerprint density at radius 2 is 1.35 bits per heavy atom. The van der Waals surface area contributed by atoms with Crippen molar-refractivity contribution in [3.8, 4) is 0 Å². The highest BCUT2D eigenvalue weighted by Gasteiger charge is 2.08. The van der Waals surface area contributed by atoms with E-state index in [1.807, 2.05) is 0 Å². The SMILES string of the molecule is CCc1cc(C)cc(CC)c1Cc1ccc(CBr)cc1. The highest BCUT2D eigenvalue weighted by molar-refractivity contribution is 9.08. The topological polar surface area (TPSA) is 0 Å². The number of aryl methyl sites for hydroxylation is 3. The first-order chi connectivity index (χ1) is 9.67. The summed E-state index contributed by atoms with van der Waals surface area (Å²) in [5.41, 5.74) is 8.68. The molecule has 0 amide bonds. The fourth-order valence-corrected chi connectivity index (χ4v) is 3.15. The normalized spacial score (nSPS) is 10.8. The lowest BCUT2D eigenvalue weighted by molar-refractivity contribution is 0.993. The second-order valence-electron chi connectivity index (χ2n) is 5.40. The van der Waals surface area contributed by atoms with Crippen LogP contribution in [0.3, 0.4) is 0 Å². The van der Waals surface area contributed by atoms with Gasteiger partial charge in [-0.1, -0.05) is 71.7 Å². The van der Waals surface area contributed by atoms with E-state index in [9.17, 15) is 0 Å². The maximum atomic E-state index is 3.50. The van der Waals surface area contributed by atoms with Gasteiger partial charge >= 0.3 is 0 Å². The average Bonchev–Trinajstić information content (AvgIpc) is 2.49. The van der Waals surface area contributed by atoms with Gasteiger partial charge in [-0.15, -0.1) is 0 Å². The molecule has 0 spiro atoms. The molecule has 0 heterocycles. The van der Waals surface area contributed by atoms with Gasteiger partial charge in [0.2, 0.25) is 0 Å². The van der Waals surface area contributed by atoms with Gasteiger partial charge in [0.1, 0.15) is 0 Å². The zero-order valence-corrected chi connectivity index (χ0v) is 14.3. The number of hydrogen-bond donors (Lipinski definition) is 0. The van der Waals surface area contributed by atoms with Gasteiger partial charge in [-0.3, -0.25) is 0 Å². The zero-order valence-electron chi connectivity index (χ0n) is 12.7. The second kappa shape index (κ2) is 7.08. The van der Waals surface area contributed by atoms with E-state index >= 15 is 0 Å². The van der Waals surface area contributed by atoms with Crippen molar-refractivity contribution in [1.29, 1.82) is 0 Å². The summed E-state index contributed by atoms with van der Waals surface area (Å²) in [5.74, 6) is 0. The monoisotopic (exact) mass is 330 g/mol. The Balaban J connectivity index is 2.35. The Morgan fingerprint density at radius 3 is 1.80 bits per heavy atom. The summed E-state index contributed by atoms with van der Waals surface area (Å²) in [6.07, 6.45) is 3.28. The molecule has 0 aliphatic carbocycles. The quantitative estimate of drug-likeness (QED) is 0.625. The maximum Gasteiger partial charge on any atom is 0.0283 e. The molecular formula is C19H23Br. The Labute approximate surface area is 131 Å². The molecule has 0 saturated heterocycles. The van der Waals surface area contributed by atoms with Crippen LogP contribution in [-0.4, -0.2) is 0 Å². The first-order valence-electron chi connectivity index (χ1n) is 7.43. The largest absolute Gasteiger partial charge is 0.0876 e. The molecule has 2 aromatic carbocycles. The third kappa shape index (κ3) is 3.52. The smallest absolute Gasteiger partial charge is 0.0283 e. The lowest BCUT2D eigenvalue weighted by atomic mass is 9.90. The van der Waals surface area contributed by atoms with Crippen molar-refractivity contribution < 1.29 is 0 Å². The summed E-state index contributed by atoms with van der Waals surface area (Å²) < 4.78 is 0. The van der Waals surface area contributed by atoms with E-state index in [0.29, 0.717) is 0 Å². The molecule has 0 radical (unpaired) electrons. The molecule has 106 valence electrons. The Morgan fingerprint density at radius 1 is 0.850 bits per heavy atom. The van der Waals surface area contributed by atoms with Gasteiger partial charge in [-0.2, -0.15) is 0 Å². The van der Waals surface area contributed by atoms with Crippen LogP contribution in [0.2, 0.25) is 0 Å². The van der Waals surface area contributed by atoms with Crippen LogP contribution in [-0.2, 0) is 24.6 Å². The molecule has 2 rings (SSSR count). The highest BCUT2D eigenvalue weighted by atomic mass is 79.9. The molecule has 0 nitrogen and oxygen atoms in total. The summed E-state index contributed by atoms with van der Waals surface area (Å²) in [5, 5.41) is 0.929. The maximum absolute atomic E-state index is 3.50. The number of alkyl halides is 1. The molecule has 0 bridgehead atoms. The van der Waals surface area contributed by atoms with E-state index in [-0.39, 0.29) is 0 Å². The second-order valence-corrected chi connectivity index (χ2v) is 5.96. The Bertz CT molecular complexity index is 542. The lowest BCUT2D eigenvalue weighted by Crippen LogP contribution is -2.01. The van der Waals surface area contributed by atoms with E-state index in [1.165, 1.54) is 33.4 Å². The molecule has 0 aromatic heterocycles. The van der Waals surface area contributed by atoms with Crippen LogP contribution in [0.15, 0.2) is 36.4 Å². The number of benzene rings is 2. The number of halogens is 1. The van der Waals surface area contributed by atoms with Crippen molar-refractivity contribution in [2.75, 3.05) is 0 Å². The third-order valence-electron chi connectivity index (χ3n) is 3.90. The van der Waals surface area contributed by atoms with Crippen LogP contribution in [0.1, 0.15) is 47.2 Å². The Hall–Kier alpha value is -1.08. The molecule has 20 heavy (non-hydrogen) atoms. The molecule has 0 saturated carbocycles. The average molecular weight is 331 g/mol. The van der Waals surface area contributed by atoms with Crippen LogP contribution in [0.4, 0.5) is 0 Å². The van der Waals surface area contributed by atoms with E-state index in [4.69, 9.17) is 0 Å². The fraction of sp³-hybridized carbons (Fsp3) is 0.368. The van der Waals surface area contributed by atoms with Crippen LogP contribution < -0.4 is 0 Å². The predicted molar refractivity (Wildman–Crippen MR) is 91.8 cm³/mol. The minimum atomic E-state index is 0.929. The van der Waals surface area contributed by atoms with Crippen LogP contribution >= 0.6 is 15.9 Å².